The number of amides is 1. The Kier molecular flexibility index (Phi) is 5.49. The SMILES string of the molecule is COc1c(NCCCCC(F)(F)F)sc(C(N)=O)c1N. The van der Waals surface area contributed by atoms with Crippen LogP contribution in [-0.2, 0) is 0 Å². The summed E-state index contributed by atoms with van der Waals surface area (Å²) in [5.74, 6) is -0.379. The Balaban J connectivity index is 2.56. The van der Waals surface area contributed by atoms with E-state index in [2.05, 4.69) is 5.32 Å². The molecule has 5 N–H and O–H groups in total. The zero-order valence-electron chi connectivity index (χ0n) is 10.8. The number of hydrogen-bond acceptors (Lipinski definition) is 5. The zero-order chi connectivity index (χ0) is 15.3. The van der Waals surface area contributed by atoms with Crippen molar-refractivity contribution in [3.8, 4) is 5.75 Å². The molecule has 20 heavy (non-hydrogen) atoms. The van der Waals surface area contributed by atoms with E-state index in [9.17, 15) is 18.0 Å². The van der Waals surface area contributed by atoms with Gasteiger partial charge in [0.15, 0.2) is 5.75 Å². The summed E-state index contributed by atoms with van der Waals surface area (Å²) in [4.78, 5) is 11.3. The molecule has 114 valence electrons. The van der Waals surface area contributed by atoms with Gasteiger partial charge in [-0.1, -0.05) is 0 Å². The summed E-state index contributed by atoms with van der Waals surface area (Å²) in [6.45, 7) is 0.324. The normalized spacial score (nSPS) is 11.4. The van der Waals surface area contributed by atoms with Crippen molar-refractivity contribution in [3.63, 3.8) is 0 Å². The number of alkyl halides is 3. The molecule has 9 heteroatoms. The molecule has 1 aromatic heterocycles. The predicted molar refractivity (Wildman–Crippen MR) is 72.2 cm³/mol. The highest BCUT2D eigenvalue weighted by atomic mass is 32.1. The number of halogens is 3. The van der Waals surface area contributed by atoms with Gasteiger partial charge in [-0.05, 0) is 12.8 Å². The Morgan fingerprint density at radius 3 is 2.55 bits per heavy atom. The lowest BCUT2D eigenvalue weighted by Crippen LogP contribution is -2.10. The molecule has 0 aliphatic carbocycles. The van der Waals surface area contributed by atoms with Gasteiger partial charge in [-0.15, -0.1) is 11.3 Å². The fourth-order valence-electron chi connectivity index (χ4n) is 1.58. The molecule has 1 aromatic rings. The molecule has 5 nitrogen and oxygen atoms in total. The van der Waals surface area contributed by atoms with Crippen molar-refractivity contribution in [2.75, 3.05) is 24.7 Å². The molecule has 0 unspecified atom stereocenters. The van der Waals surface area contributed by atoms with Crippen LogP contribution in [0.5, 0.6) is 5.75 Å². The minimum absolute atomic E-state index is 0.0301. The van der Waals surface area contributed by atoms with Crippen molar-refractivity contribution in [2.24, 2.45) is 5.73 Å². The van der Waals surface area contributed by atoms with Crippen LogP contribution in [0, 0.1) is 0 Å². The number of carbonyl (C=O) groups excluding carboxylic acids is 1. The molecule has 0 aromatic carbocycles. The molecule has 1 amide bonds. The van der Waals surface area contributed by atoms with Crippen LogP contribution in [-0.4, -0.2) is 25.7 Å². The molecular formula is C11H16F3N3O2S. The Morgan fingerprint density at radius 2 is 2.05 bits per heavy atom. The molecule has 0 bridgehead atoms. The number of methoxy groups -OCH3 is 1. The van der Waals surface area contributed by atoms with Crippen molar-refractivity contribution in [1.29, 1.82) is 0 Å². The summed E-state index contributed by atoms with van der Waals surface area (Å²) in [5, 5.41) is 3.40. The maximum atomic E-state index is 12.0. The van der Waals surface area contributed by atoms with E-state index in [0.717, 1.165) is 11.3 Å². The highest BCUT2D eigenvalue weighted by molar-refractivity contribution is 7.19. The number of nitrogen functional groups attached to an aromatic ring is 1. The summed E-state index contributed by atoms with van der Waals surface area (Å²) >= 11 is 1.02. The standard InChI is InChI=1S/C11H16F3N3O2S/c1-19-7-6(15)8(9(16)18)20-10(7)17-5-3-2-4-11(12,13)14/h17H,2-5,15H2,1H3,(H2,16,18). The van der Waals surface area contributed by atoms with Gasteiger partial charge in [-0.2, -0.15) is 13.2 Å². The number of hydrogen-bond donors (Lipinski definition) is 3. The molecule has 1 heterocycles. The first-order chi connectivity index (χ1) is 9.26. The van der Waals surface area contributed by atoms with Crippen LogP contribution in [0.1, 0.15) is 28.9 Å². The van der Waals surface area contributed by atoms with Crippen LogP contribution >= 0.6 is 11.3 Å². The molecule has 0 saturated heterocycles. The van der Waals surface area contributed by atoms with Crippen molar-refractivity contribution in [2.45, 2.75) is 25.4 Å². The Bertz CT molecular complexity index is 474. The number of nitrogens with one attached hydrogen (secondary N) is 1. The quantitative estimate of drug-likeness (QED) is 0.675. The summed E-state index contributed by atoms with van der Waals surface area (Å²) in [6, 6.07) is 0. The second kappa shape index (κ2) is 6.69. The Labute approximate surface area is 118 Å². The monoisotopic (exact) mass is 311 g/mol. The van der Waals surface area contributed by atoms with E-state index in [-0.39, 0.29) is 17.0 Å². The summed E-state index contributed by atoms with van der Waals surface area (Å²) in [6.07, 6.45) is -4.58. The molecule has 0 fully saturated rings. The Morgan fingerprint density at radius 1 is 1.40 bits per heavy atom. The summed E-state index contributed by atoms with van der Waals surface area (Å²) in [7, 11) is 1.39. The molecule has 1 rings (SSSR count). The molecule has 0 radical (unpaired) electrons. The van der Waals surface area contributed by atoms with Crippen LogP contribution in [0.2, 0.25) is 0 Å². The fraction of sp³-hybridized carbons (Fsp3) is 0.545. The minimum atomic E-state index is -4.13. The largest absolute Gasteiger partial charge is 0.492 e. The van der Waals surface area contributed by atoms with Gasteiger partial charge in [0.05, 0.1) is 7.11 Å². The van der Waals surface area contributed by atoms with E-state index in [1.165, 1.54) is 7.11 Å². The maximum absolute atomic E-state index is 12.0. The van der Waals surface area contributed by atoms with Crippen LogP contribution < -0.4 is 21.5 Å². The number of unbranched alkanes of at least 4 members (excludes halogenated alkanes) is 1. The number of ether oxygens (including phenoxy) is 1. The molecule has 0 aliphatic rings. The first-order valence-electron chi connectivity index (χ1n) is 5.83. The van der Waals surface area contributed by atoms with Crippen LogP contribution in [0.4, 0.5) is 23.9 Å². The van der Waals surface area contributed by atoms with Crippen molar-refractivity contribution in [3.05, 3.63) is 4.88 Å². The fourth-order valence-corrected chi connectivity index (χ4v) is 2.55. The number of anilines is 2. The van der Waals surface area contributed by atoms with Gasteiger partial charge < -0.3 is 21.5 Å². The van der Waals surface area contributed by atoms with Gasteiger partial charge in [0.2, 0.25) is 0 Å². The number of carbonyl (C=O) groups is 1. The average molecular weight is 311 g/mol. The summed E-state index contributed by atoms with van der Waals surface area (Å²) < 4.78 is 40.9. The maximum Gasteiger partial charge on any atom is 0.389 e. The number of rotatable bonds is 7. The minimum Gasteiger partial charge on any atom is -0.492 e. The van der Waals surface area contributed by atoms with E-state index < -0.39 is 18.5 Å². The smallest absolute Gasteiger partial charge is 0.389 e. The van der Waals surface area contributed by atoms with Crippen LogP contribution in [0.3, 0.4) is 0 Å². The lowest BCUT2D eigenvalue weighted by molar-refractivity contribution is -0.135. The second-order valence-corrected chi connectivity index (χ2v) is 5.09. The second-order valence-electron chi connectivity index (χ2n) is 4.07. The van der Waals surface area contributed by atoms with Crippen LogP contribution in [0.25, 0.3) is 0 Å². The summed E-state index contributed by atoms with van der Waals surface area (Å²) in [5.41, 5.74) is 11.0. The number of primary amides is 1. The first-order valence-corrected chi connectivity index (χ1v) is 6.64. The average Bonchev–Trinajstić information content (AvgIpc) is 2.64. The molecular weight excluding hydrogens is 295 g/mol. The van der Waals surface area contributed by atoms with Crippen molar-refractivity contribution >= 4 is 27.9 Å². The van der Waals surface area contributed by atoms with E-state index in [0.29, 0.717) is 23.7 Å². The highest BCUT2D eigenvalue weighted by Crippen LogP contribution is 2.42. The third-order valence-corrected chi connectivity index (χ3v) is 3.66. The van der Waals surface area contributed by atoms with E-state index in [1.54, 1.807) is 0 Å². The van der Waals surface area contributed by atoms with Gasteiger partial charge in [0, 0.05) is 13.0 Å². The number of nitrogens with two attached hydrogens (primary N) is 2. The van der Waals surface area contributed by atoms with E-state index in [4.69, 9.17) is 16.2 Å². The molecule has 0 atom stereocenters. The third kappa shape index (κ3) is 4.48. The topological polar surface area (TPSA) is 90.4 Å². The van der Waals surface area contributed by atoms with Gasteiger partial charge in [0.1, 0.15) is 15.6 Å². The lowest BCUT2D eigenvalue weighted by atomic mass is 10.2. The first kappa shape index (κ1) is 16.4. The third-order valence-electron chi connectivity index (χ3n) is 2.50. The van der Waals surface area contributed by atoms with E-state index in [1.807, 2.05) is 0 Å². The van der Waals surface area contributed by atoms with Crippen LogP contribution in [0.15, 0.2) is 0 Å². The van der Waals surface area contributed by atoms with Gasteiger partial charge in [-0.3, -0.25) is 4.79 Å². The van der Waals surface area contributed by atoms with Gasteiger partial charge in [-0.25, -0.2) is 0 Å². The van der Waals surface area contributed by atoms with E-state index >= 15 is 0 Å². The number of thiophene rings is 1. The molecule has 0 saturated carbocycles. The Hall–Kier alpha value is -1.64. The molecule has 0 aliphatic heterocycles. The molecule has 0 spiro atoms. The zero-order valence-corrected chi connectivity index (χ0v) is 11.7. The van der Waals surface area contributed by atoms with Crippen molar-refractivity contribution < 1.29 is 22.7 Å². The van der Waals surface area contributed by atoms with Crippen molar-refractivity contribution in [1.82, 2.24) is 0 Å². The van der Waals surface area contributed by atoms with Gasteiger partial charge >= 0.3 is 6.18 Å². The predicted octanol–water partition coefficient (Wildman–Crippen LogP) is 2.58. The lowest BCUT2D eigenvalue weighted by Gasteiger charge is -2.08. The highest BCUT2D eigenvalue weighted by Gasteiger charge is 2.26. The van der Waals surface area contributed by atoms with Gasteiger partial charge in [0.25, 0.3) is 5.91 Å².